The van der Waals surface area contributed by atoms with Crippen LogP contribution in [0.15, 0.2) is 30.5 Å². The number of amides is 1. The Bertz CT molecular complexity index is 1020. The van der Waals surface area contributed by atoms with Gasteiger partial charge >= 0.3 is 0 Å². The van der Waals surface area contributed by atoms with Gasteiger partial charge in [0.25, 0.3) is 11.6 Å². The van der Waals surface area contributed by atoms with Gasteiger partial charge in [0.1, 0.15) is 5.69 Å². The molecule has 1 aromatic carbocycles. The Kier molecular flexibility index (Phi) is 5.29. The first kappa shape index (κ1) is 18.5. The molecule has 28 heavy (non-hydrogen) atoms. The summed E-state index contributed by atoms with van der Waals surface area (Å²) in [5.74, 6) is -0.315. The molecule has 0 unspecified atom stereocenters. The minimum Gasteiger partial charge on any atom is -0.351 e. The molecule has 3 aromatic rings. The second kappa shape index (κ2) is 8.02. The minimum absolute atomic E-state index is 0.0534. The normalized spacial score (nSPS) is 13.3. The zero-order valence-electron chi connectivity index (χ0n) is 15.3. The van der Waals surface area contributed by atoms with Crippen LogP contribution in [0, 0.1) is 10.1 Å². The third kappa shape index (κ3) is 3.87. The molecule has 1 N–H and O–H groups in total. The number of nitrogens with zero attached hydrogens (tertiary/aromatic N) is 3. The number of benzene rings is 1. The van der Waals surface area contributed by atoms with Gasteiger partial charge in [-0.3, -0.25) is 19.9 Å². The Morgan fingerprint density at radius 2 is 2.11 bits per heavy atom. The number of nitro groups is 1. The van der Waals surface area contributed by atoms with E-state index in [4.69, 9.17) is 4.98 Å². The van der Waals surface area contributed by atoms with Crippen LogP contribution in [0.5, 0.6) is 0 Å². The van der Waals surface area contributed by atoms with Gasteiger partial charge in [0.05, 0.1) is 15.6 Å². The van der Waals surface area contributed by atoms with Crippen LogP contribution >= 0.6 is 11.3 Å². The number of nitrogens with one attached hydrogen (secondary N) is 1. The molecule has 4 rings (SSSR count). The molecule has 1 aliphatic rings. The molecule has 0 bridgehead atoms. The number of carbonyl (C=O) groups excluding carboxylic acids is 1. The molecule has 0 atom stereocenters. The lowest BCUT2D eigenvalue weighted by atomic mass is 10.0. The van der Waals surface area contributed by atoms with Crippen LogP contribution in [0.2, 0.25) is 0 Å². The predicted molar refractivity (Wildman–Crippen MR) is 108 cm³/mol. The Morgan fingerprint density at radius 3 is 2.93 bits per heavy atom. The quantitative estimate of drug-likeness (QED) is 0.388. The van der Waals surface area contributed by atoms with E-state index in [9.17, 15) is 14.9 Å². The zero-order valence-corrected chi connectivity index (χ0v) is 16.1. The van der Waals surface area contributed by atoms with E-state index >= 15 is 0 Å². The summed E-state index contributed by atoms with van der Waals surface area (Å²) in [5, 5.41) is 16.3. The number of hydrogen-bond donors (Lipinski definition) is 1. The van der Waals surface area contributed by atoms with Crippen molar-refractivity contribution in [2.45, 2.75) is 38.5 Å². The van der Waals surface area contributed by atoms with Crippen molar-refractivity contribution in [2.75, 3.05) is 6.54 Å². The van der Waals surface area contributed by atoms with Crippen molar-refractivity contribution < 1.29 is 9.72 Å². The molecular weight excluding hydrogens is 376 g/mol. The standard InChI is InChI=1S/C20H20N4O3S/c25-20(19-15-12-14(24(26)27)8-7-13(15)9-11-21-19)22-10-3-6-18-23-16-4-1-2-5-17(16)28-18/h7-9,11-12H,1-6,10H2,(H,22,25). The molecule has 0 aliphatic heterocycles. The Morgan fingerprint density at radius 1 is 1.25 bits per heavy atom. The first-order chi connectivity index (χ1) is 13.6. The fourth-order valence-electron chi connectivity index (χ4n) is 3.49. The summed E-state index contributed by atoms with van der Waals surface area (Å²) in [7, 11) is 0. The monoisotopic (exact) mass is 396 g/mol. The summed E-state index contributed by atoms with van der Waals surface area (Å²) in [6, 6.07) is 6.20. The van der Waals surface area contributed by atoms with E-state index in [-0.39, 0.29) is 17.3 Å². The van der Waals surface area contributed by atoms with E-state index in [0.29, 0.717) is 11.9 Å². The van der Waals surface area contributed by atoms with Crippen molar-refractivity contribution in [3.63, 3.8) is 0 Å². The minimum atomic E-state index is -0.470. The van der Waals surface area contributed by atoms with Crippen molar-refractivity contribution in [1.29, 1.82) is 0 Å². The summed E-state index contributed by atoms with van der Waals surface area (Å²) >= 11 is 1.80. The third-order valence-corrected chi connectivity index (χ3v) is 6.14. The van der Waals surface area contributed by atoms with E-state index < -0.39 is 4.92 Å². The van der Waals surface area contributed by atoms with Crippen LogP contribution in [0.3, 0.4) is 0 Å². The van der Waals surface area contributed by atoms with E-state index in [1.807, 2.05) is 0 Å². The van der Waals surface area contributed by atoms with Crippen molar-refractivity contribution in [2.24, 2.45) is 0 Å². The number of hydrogen-bond acceptors (Lipinski definition) is 6. The number of fused-ring (bicyclic) bond motifs is 2. The molecule has 2 heterocycles. The Balaban J connectivity index is 1.39. The summed E-state index contributed by atoms with van der Waals surface area (Å²) in [5.41, 5.74) is 1.42. The number of aryl methyl sites for hydroxylation is 3. The van der Waals surface area contributed by atoms with Crippen LogP contribution in [0.25, 0.3) is 10.8 Å². The molecule has 0 spiro atoms. The molecule has 2 aromatic heterocycles. The van der Waals surface area contributed by atoms with E-state index in [1.54, 1.807) is 29.7 Å². The maximum absolute atomic E-state index is 12.6. The van der Waals surface area contributed by atoms with E-state index in [1.165, 1.54) is 35.5 Å². The van der Waals surface area contributed by atoms with Gasteiger partial charge in [-0.05, 0) is 49.6 Å². The van der Waals surface area contributed by atoms with Gasteiger partial charge in [-0.2, -0.15) is 0 Å². The number of carbonyl (C=O) groups is 1. The molecule has 0 saturated carbocycles. The lowest BCUT2D eigenvalue weighted by molar-refractivity contribution is -0.384. The summed E-state index contributed by atoms with van der Waals surface area (Å²) in [6.45, 7) is 0.510. The number of pyridine rings is 1. The van der Waals surface area contributed by atoms with Crippen LogP contribution in [0.1, 0.15) is 45.3 Å². The highest BCUT2D eigenvalue weighted by Gasteiger charge is 2.16. The van der Waals surface area contributed by atoms with E-state index in [0.717, 1.165) is 36.1 Å². The fraction of sp³-hybridized carbons (Fsp3) is 0.350. The molecule has 0 fully saturated rings. The summed E-state index contributed by atoms with van der Waals surface area (Å²) < 4.78 is 0. The average molecular weight is 396 g/mol. The number of nitro benzene ring substituents is 1. The second-order valence-electron chi connectivity index (χ2n) is 6.87. The van der Waals surface area contributed by atoms with Gasteiger partial charge in [0.15, 0.2) is 0 Å². The van der Waals surface area contributed by atoms with Gasteiger partial charge < -0.3 is 5.32 Å². The fourth-order valence-corrected chi connectivity index (χ4v) is 4.69. The number of thiazole rings is 1. The van der Waals surface area contributed by atoms with Crippen LogP contribution < -0.4 is 5.32 Å². The lowest BCUT2D eigenvalue weighted by Crippen LogP contribution is -2.26. The van der Waals surface area contributed by atoms with Crippen LogP contribution in [-0.2, 0) is 19.3 Å². The topological polar surface area (TPSA) is 98.0 Å². The van der Waals surface area contributed by atoms with Crippen molar-refractivity contribution in [3.8, 4) is 0 Å². The molecular formula is C20H20N4O3S. The highest BCUT2D eigenvalue weighted by molar-refractivity contribution is 7.11. The maximum atomic E-state index is 12.6. The van der Waals surface area contributed by atoms with Crippen molar-refractivity contribution >= 4 is 33.7 Å². The van der Waals surface area contributed by atoms with Gasteiger partial charge in [0.2, 0.25) is 0 Å². The maximum Gasteiger partial charge on any atom is 0.270 e. The van der Waals surface area contributed by atoms with Gasteiger partial charge in [0, 0.05) is 41.6 Å². The average Bonchev–Trinajstić information content (AvgIpc) is 3.13. The first-order valence-electron chi connectivity index (χ1n) is 9.40. The highest BCUT2D eigenvalue weighted by atomic mass is 32.1. The second-order valence-corrected chi connectivity index (χ2v) is 8.03. The zero-order chi connectivity index (χ0) is 19.5. The van der Waals surface area contributed by atoms with Gasteiger partial charge in [-0.15, -0.1) is 11.3 Å². The van der Waals surface area contributed by atoms with Crippen LogP contribution in [0.4, 0.5) is 5.69 Å². The molecule has 0 radical (unpaired) electrons. The molecule has 144 valence electrons. The Hall–Kier alpha value is -2.87. The predicted octanol–water partition coefficient (Wildman–Crippen LogP) is 3.84. The number of non-ortho nitro benzene ring substituents is 1. The Labute approximate surface area is 166 Å². The largest absolute Gasteiger partial charge is 0.351 e. The van der Waals surface area contributed by atoms with Crippen molar-refractivity contribution in [1.82, 2.24) is 15.3 Å². The first-order valence-corrected chi connectivity index (χ1v) is 10.2. The van der Waals surface area contributed by atoms with Crippen molar-refractivity contribution in [3.05, 3.63) is 61.8 Å². The number of aromatic nitrogens is 2. The SMILES string of the molecule is O=C(NCCCc1nc2c(s1)CCCC2)c1nccc2ccc([N+](=O)[O-])cc12. The molecule has 8 heteroatoms. The van der Waals surface area contributed by atoms with Gasteiger partial charge in [-0.1, -0.05) is 0 Å². The number of rotatable bonds is 6. The molecule has 1 amide bonds. The van der Waals surface area contributed by atoms with Crippen LogP contribution in [-0.4, -0.2) is 27.3 Å². The third-order valence-electron chi connectivity index (χ3n) is 4.92. The molecule has 0 saturated heterocycles. The smallest absolute Gasteiger partial charge is 0.270 e. The molecule has 1 aliphatic carbocycles. The van der Waals surface area contributed by atoms with Gasteiger partial charge in [-0.25, -0.2) is 4.98 Å². The summed E-state index contributed by atoms with van der Waals surface area (Å²) in [6.07, 6.45) is 7.88. The molecule has 7 nitrogen and oxygen atoms in total. The summed E-state index contributed by atoms with van der Waals surface area (Å²) in [4.78, 5) is 33.4. The van der Waals surface area contributed by atoms with E-state index in [2.05, 4.69) is 10.3 Å². The lowest BCUT2D eigenvalue weighted by Gasteiger charge is -2.07. The highest BCUT2D eigenvalue weighted by Crippen LogP contribution is 2.27.